The van der Waals surface area contributed by atoms with Gasteiger partial charge in [-0.05, 0) is 70.1 Å². The van der Waals surface area contributed by atoms with Gasteiger partial charge in [0.15, 0.2) is 0 Å². The molecular weight excluding hydrogens is 628 g/mol. The zero-order valence-electron chi connectivity index (χ0n) is 26.9. The first-order valence-corrected chi connectivity index (χ1v) is 16.2. The van der Waals surface area contributed by atoms with Crippen LogP contribution in [0.2, 0.25) is 0 Å². The number of hydrogen-bond donors (Lipinski definition) is 3. The van der Waals surface area contributed by atoms with Crippen LogP contribution in [0.15, 0.2) is 145 Å². The van der Waals surface area contributed by atoms with Gasteiger partial charge in [0, 0.05) is 29.1 Å². The number of rotatable bonds is 12. The fraction of sp³-hybridized carbons (Fsp3) is 0.0976. The van der Waals surface area contributed by atoms with Gasteiger partial charge >= 0.3 is 17.8 Å². The molecule has 0 radical (unpaired) electrons. The van der Waals surface area contributed by atoms with Gasteiger partial charge in [0.1, 0.15) is 0 Å². The lowest BCUT2D eigenvalue weighted by atomic mass is 10.0. The van der Waals surface area contributed by atoms with Crippen LogP contribution in [0.3, 0.4) is 0 Å². The third kappa shape index (κ3) is 7.03. The number of pyridine rings is 2. The summed E-state index contributed by atoms with van der Waals surface area (Å²) in [7, 11) is 0. The van der Waals surface area contributed by atoms with Crippen LogP contribution < -0.4 is 9.88 Å². The van der Waals surface area contributed by atoms with Gasteiger partial charge in [-0.2, -0.15) is 0 Å². The van der Waals surface area contributed by atoms with E-state index in [2.05, 4.69) is 46.7 Å². The van der Waals surface area contributed by atoms with Gasteiger partial charge in [0.2, 0.25) is 11.9 Å². The number of fused-ring (bicyclic) bond motifs is 1. The molecule has 0 bridgehead atoms. The van der Waals surface area contributed by atoms with Crippen molar-refractivity contribution in [3.8, 4) is 22.4 Å². The van der Waals surface area contributed by atoms with Crippen molar-refractivity contribution >= 4 is 29.2 Å². The maximum atomic E-state index is 11.9. The summed E-state index contributed by atoms with van der Waals surface area (Å²) in [6, 6.07) is 40.6. The molecule has 1 aliphatic rings. The second-order valence-electron chi connectivity index (χ2n) is 11.9. The smallest absolute Gasteiger partial charge is 0.336 e. The molecule has 6 aromatic rings. The van der Waals surface area contributed by atoms with E-state index in [4.69, 9.17) is 9.73 Å². The fourth-order valence-corrected chi connectivity index (χ4v) is 5.98. The summed E-state index contributed by atoms with van der Waals surface area (Å²) in [6.45, 7) is 1.08. The maximum Gasteiger partial charge on any atom is 0.336 e. The molecule has 3 N–H and O–H groups in total. The maximum absolute atomic E-state index is 11.9. The minimum absolute atomic E-state index is 0.276. The van der Waals surface area contributed by atoms with Gasteiger partial charge in [0.05, 0.1) is 36.2 Å². The number of benzene rings is 4. The topological polar surface area (TPSA) is 125 Å². The van der Waals surface area contributed by atoms with E-state index in [0.717, 1.165) is 57.0 Å². The summed E-state index contributed by atoms with van der Waals surface area (Å²) in [6.07, 6.45) is 4.00. The van der Waals surface area contributed by atoms with Gasteiger partial charge in [-0.25, -0.2) is 14.2 Å². The minimum atomic E-state index is -1.31. The number of aromatic carboxylic acids is 2. The second kappa shape index (κ2) is 14.3. The van der Waals surface area contributed by atoms with E-state index in [-0.39, 0.29) is 11.1 Å². The van der Waals surface area contributed by atoms with Gasteiger partial charge in [-0.3, -0.25) is 4.98 Å². The molecule has 0 saturated carbocycles. The summed E-state index contributed by atoms with van der Waals surface area (Å²) < 4.78 is 7.98. The normalized spacial score (nSPS) is 13.4. The predicted molar refractivity (Wildman–Crippen MR) is 191 cm³/mol. The quantitative estimate of drug-likeness (QED) is 0.0911. The van der Waals surface area contributed by atoms with Crippen molar-refractivity contribution in [3.63, 3.8) is 0 Å². The average Bonchev–Trinajstić information content (AvgIpc) is 3.51. The number of carbonyl (C=O) groups is 2. The minimum Gasteiger partial charge on any atom is -0.478 e. The highest BCUT2D eigenvalue weighted by Gasteiger charge is 2.37. The Balaban J connectivity index is 1.07. The molecule has 9 heteroatoms. The Labute approximate surface area is 288 Å². The SMILES string of the molecule is O=C(O)c1ccc(NC2C(c3ccc(CCOCc4ccc(-c5ccccn5)cc4)cc3)=Nc3cc(-c4ccccc4)cc[n+]32)cc1C(=O)O. The van der Waals surface area contributed by atoms with Gasteiger partial charge in [0.25, 0.3) is 0 Å². The van der Waals surface area contributed by atoms with Crippen LogP contribution in [0.25, 0.3) is 22.4 Å². The Morgan fingerprint density at radius 3 is 2.14 bits per heavy atom. The van der Waals surface area contributed by atoms with Crippen molar-refractivity contribution in [1.82, 2.24) is 4.98 Å². The van der Waals surface area contributed by atoms with Crippen molar-refractivity contribution in [2.45, 2.75) is 19.2 Å². The third-order valence-electron chi connectivity index (χ3n) is 8.60. The number of aromatic nitrogens is 2. The fourth-order valence-electron chi connectivity index (χ4n) is 5.98. The molecule has 2 aromatic heterocycles. The molecule has 3 heterocycles. The van der Waals surface area contributed by atoms with Crippen LogP contribution in [-0.2, 0) is 17.8 Å². The molecule has 0 saturated heterocycles. The molecule has 50 heavy (non-hydrogen) atoms. The van der Waals surface area contributed by atoms with Crippen LogP contribution in [0.1, 0.15) is 43.6 Å². The number of nitrogens with one attached hydrogen (secondary N) is 1. The van der Waals surface area contributed by atoms with E-state index >= 15 is 0 Å². The van der Waals surface area contributed by atoms with E-state index in [1.165, 1.54) is 12.1 Å². The standard InChI is InChI=1S/C41H32N4O5/c46-40(47)34-18-17-33(25-35(34)41(48)49)43-39-38(44-37-24-32(19-22-45(37)39)29-6-2-1-3-7-29)31-15-9-27(10-16-31)20-23-50-26-28-11-13-30(14-12-28)36-8-4-5-21-42-36/h1-19,21-22,24-25,39,43H,20,23,26H2,(H-,46,47,48,49)/p+1. The summed E-state index contributed by atoms with van der Waals surface area (Å²) in [5.41, 5.74) is 7.82. The first-order valence-electron chi connectivity index (χ1n) is 16.2. The molecule has 7 rings (SSSR count). The monoisotopic (exact) mass is 661 g/mol. The Morgan fingerprint density at radius 2 is 1.42 bits per heavy atom. The zero-order valence-corrected chi connectivity index (χ0v) is 26.9. The lowest BCUT2D eigenvalue weighted by molar-refractivity contribution is -0.683. The van der Waals surface area contributed by atoms with E-state index in [1.54, 1.807) is 12.3 Å². The largest absolute Gasteiger partial charge is 0.478 e. The van der Waals surface area contributed by atoms with Crippen molar-refractivity contribution in [1.29, 1.82) is 0 Å². The highest BCUT2D eigenvalue weighted by atomic mass is 16.5. The summed E-state index contributed by atoms with van der Waals surface area (Å²) >= 11 is 0. The average molecular weight is 662 g/mol. The van der Waals surface area contributed by atoms with Crippen LogP contribution in [0.5, 0.6) is 0 Å². The van der Waals surface area contributed by atoms with Gasteiger partial charge in [-0.1, -0.05) is 84.9 Å². The lowest BCUT2D eigenvalue weighted by Gasteiger charge is -2.16. The van der Waals surface area contributed by atoms with E-state index in [9.17, 15) is 19.8 Å². The number of anilines is 1. The molecule has 9 nitrogen and oxygen atoms in total. The van der Waals surface area contributed by atoms with Crippen LogP contribution >= 0.6 is 0 Å². The summed E-state index contributed by atoms with van der Waals surface area (Å²) in [5.74, 6) is -1.89. The first kappa shape index (κ1) is 32.1. The number of ether oxygens (including phenoxy) is 1. The Hall–Kier alpha value is -6.45. The Kier molecular flexibility index (Phi) is 9.22. The molecule has 0 aliphatic carbocycles. The lowest BCUT2D eigenvalue weighted by Crippen LogP contribution is -2.44. The number of aliphatic imine (C=N–C) groups is 1. The molecule has 0 fully saturated rings. The van der Waals surface area contributed by atoms with Crippen molar-refractivity contribution < 1.29 is 29.1 Å². The molecule has 246 valence electrons. The first-order chi connectivity index (χ1) is 24.4. The number of carboxylic acids is 2. The Bertz CT molecular complexity index is 2190. The molecule has 0 spiro atoms. The molecule has 1 atom stereocenters. The van der Waals surface area contributed by atoms with Crippen molar-refractivity contribution in [2.75, 3.05) is 11.9 Å². The highest BCUT2D eigenvalue weighted by molar-refractivity contribution is 6.06. The van der Waals surface area contributed by atoms with Crippen LogP contribution in [0.4, 0.5) is 11.5 Å². The predicted octanol–water partition coefficient (Wildman–Crippen LogP) is 7.60. The Morgan fingerprint density at radius 1 is 0.700 bits per heavy atom. The number of carboxylic acid groups (broad SMARTS) is 2. The van der Waals surface area contributed by atoms with Crippen LogP contribution in [0, 0.1) is 0 Å². The van der Waals surface area contributed by atoms with Gasteiger partial charge in [-0.15, -0.1) is 0 Å². The molecule has 4 aromatic carbocycles. The number of nitrogens with zero attached hydrogens (tertiary/aromatic N) is 3. The summed E-state index contributed by atoms with van der Waals surface area (Å²) in [4.78, 5) is 33.0. The van der Waals surface area contributed by atoms with E-state index in [0.29, 0.717) is 18.9 Å². The van der Waals surface area contributed by atoms with Crippen molar-refractivity contribution in [3.05, 3.63) is 168 Å². The second-order valence-corrected chi connectivity index (χ2v) is 11.9. The third-order valence-corrected chi connectivity index (χ3v) is 8.60. The van der Waals surface area contributed by atoms with Crippen LogP contribution in [-0.4, -0.2) is 39.5 Å². The molecular formula is C41H33N4O5+. The van der Waals surface area contributed by atoms with Crippen molar-refractivity contribution in [2.24, 2.45) is 4.99 Å². The molecule has 1 aliphatic heterocycles. The van der Waals surface area contributed by atoms with Gasteiger partial charge < -0.3 is 20.3 Å². The molecule has 0 amide bonds. The zero-order chi connectivity index (χ0) is 34.5. The number of hydrogen-bond acceptors (Lipinski definition) is 6. The highest BCUT2D eigenvalue weighted by Crippen LogP contribution is 2.30. The molecule has 1 unspecified atom stereocenters. The van der Waals surface area contributed by atoms with E-state index in [1.807, 2.05) is 83.6 Å². The van der Waals surface area contributed by atoms with E-state index < -0.39 is 18.1 Å². The summed E-state index contributed by atoms with van der Waals surface area (Å²) in [5, 5.41) is 22.6.